The van der Waals surface area contributed by atoms with Gasteiger partial charge in [-0.15, -0.1) is 0 Å². The molecule has 4 rings (SSSR count). The molecule has 1 amide bonds. The smallest absolute Gasteiger partial charge is 0.265 e. The SMILES string of the molecule is CNc1nn(CC(=O)Nc2ccccc2OC)c(N)c1-c1nc(-c2ccccc2C)no1. The van der Waals surface area contributed by atoms with Crippen LogP contribution in [0.3, 0.4) is 0 Å². The molecule has 0 atom stereocenters. The van der Waals surface area contributed by atoms with E-state index in [0.29, 0.717) is 28.6 Å². The predicted octanol–water partition coefficient (Wildman–Crippen LogP) is 3.18. The van der Waals surface area contributed by atoms with Crippen molar-refractivity contribution in [3.63, 3.8) is 0 Å². The number of aryl methyl sites for hydroxylation is 1. The number of para-hydroxylation sites is 2. The number of carbonyl (C=O) groups excluding carboxylic acids is 1. The topological polar surface area (TPSA) is 133 Å². The fourth-order valence-electron chi connectivity index (χ4n) is 3.31. The molecule has 0 radical (unpaired) electrons. The number of rotatable bonds is 7. The monoisotopic (exact) mass is 433 g/mol. The second-order valence-electron chi connectivity index (χ2n) is 7.00. The van der Waals surface area contributed by atoms with Gasteiger partial charge in [-0.2, -0.15) is 10.1 Å². The van der Waals surface area contributed by atoms with Gasteiger partial charge >= 0.3 is 0 Å². The molecule has 0 aliphatic rings. The number of ether oxygens (including phenoxy) is 1. The molecule has 10 heteroatoms. The Morgan fingerprint density at radius 1 is 1.19 bits per heavy atom. The number of benzene rings is 2. The number of nitrogens with two attached hydrogens (primary N) is 1. The standard InChI is InChI=1S/C22H23N7O3/c1-13-8-4-5-9-14(13)20-26-22(32-28-20)18-19(23)29(27-21(18)24-2)12-17(30)25-15-10-6-7-11-16(15)31-3/h4-11H,12,23H2,1-3H3,(H,24,27)(H,25,30). The molecule has 0 unspecified atom stereocenters. The first-order chi connectivity index (χ1) is 15.5. The van der Waals surface area contributed by atoms with Gasteiger partial charge in [-0.05, 0) is 24.6 Å². The number of carbonyl (C=O) groups is 1. The second-order valence-corrected chi connectivity index (χ2v) is 7.00. The van der Waals surface area contributed by atoms with Crippen molar-refractivity contribution in [3.8, 4) is 28.6 Å². The number of nitrogens with one attached hydrogen (secondary N) is 2. The van der Waals surface area contributed by atoms with E-state index in [1.165, 1.54) is 11.8 Å². The molecule has 0 bridgehead atoms. The van der Waals surface area contributed by atoms with Crippen molar-refractivity contribution in [3.05, 3.63) is 54.1 Å². The summed E-state index contributed by atoms with van der Waals surface area (Å²) in [6.45, 7) is 1.86. The molecule has 0 aliphatic heterocycles. The van der Waals surface area contributed by atoms with Gasteiger partial charge in [-0.1, -0.05) is 41.6 Å². The van der Waals surface area contributed by atoms with Gasteiger partial charge in [0.2, 0.25) is 11.7 Å². The number of hydrogen-bond acceptors (Lipinski definition) is 8. The number of hydrogen-bond donors (Lipinski definition) is 3. The summed E-state index contributed by atoms with van der Waals surface area (Å²) in [6, 6.07) is 14.9. The molecule has 164 valence electrons. The van der Waals surface area contributed by atoms with Crippen LogP contribution in [0.4, 0.5) is 17.3 Å². The molecule has 2 heterocycles. The maximum atomic E-state index is 12.6. The van der Waals surface area contributed by atoms with Gasteiger partial charge in [0.25, 0.3) is 5.89 Å². The van der Waals surface area contributed by atoms with Gasteiger partial charge < -0.3 is 25.6 Å². The first-order valence-corrected chi connectivity index (χ1v) is 9.88. The lowest BCUT2D eigenvalue weighted by Gasteiger charge is -2.10. The van der Waals surface area contributed by atoms with E-state index in [2.05, 4.69) is 25.9 Å². The summed E-state index contributed by atoms with van der Waals surface area (Å²) in [5.74, 6) is 1.55. The summed E-state index contributed by atoms with van der Waals surface area (Å²) in [5, 5.41) is 14.2. The van der Waals surface area contributed by atoms with Crippen LogP contribution in [0.5, 0.6) is 5.75 Å². The highest BCUT2D eigenvalue weighted by atomic mass is 16.5. The van der Waals surface area contributed by atoms with Crippen LogP contribution >= 0.6 is 0 Å². The lowest BCUT2D eigenvalue weighted by molar-refractivity contribution is -0.116. The van der Waals surface area contributed by atoms with E-state index < -0.39 is 0 Å². The molecule has 32 heavy (non-hydrogen) atoms. The summed E-state index contributed by atoms with van der Waals surface area (Å²) in [4.78, 5) is 17.1. The predicted molar refractivity (Wildman–Crippen MR) is 121 cm³/mol. The molecule has 0 saturated heterocycles. The van der Waals surface area contributed by atoms with Crippen LogP contribution < -0.4 is 21.1 Å². The van der Waals surface area contributed by atoms with Crippen molar-refractivity contribution in [1.82, 2.24) is 19.9 Å². The van der Waals surface area contributed by atoms with E-state index in [1.54, 1.807) is 25.2 Å². The molecular weight excluding hydrogens is 410 g/mol. The van der Waals surface area contributed by atoms with Crippen molar-refractivity contribution >= 4 is 23.2 Å². The van der Waals surface area contributed by atoms with Crippen LogP contribution in [-0.2, 0) is 11.3 Å². The van der Waals surface area contributed by atoms with Crippen molar-refractivity contribution < 1.29 is 14.1 Å². The highest BCUT2D eigenvalue weighted by molar-refractivity contribution is 5.93. The third kappa shape index (κ3) is 3.97. The highest BCUT2D eigenvalue weighted by Gasteiger charge is 2.24. The number of methoxy groups -OCH3 is 1. The van der Waals surface area contributed by atoms with E-state index in [4.69, 9.17) is 15.0 Å². The van der Waals surface area contributed by atoms with Gasteiger partial charge in [0.15, 0.2) is 5.82 Å². The van der Waals surface area contributed by atoms with E-state index >= 15 is 0 Å². The Labute approximate surface area is 184 Å². The molecule has 2 aromatic heterocycles. The number of amides is 1. The molecule has 0 fully saturated rings. The van der Waals surface area contributed by atoms with Crippen LogP contribution in [0, 0.1) is 6.92 Å². The molecule has 0 aliphatic carbocycles. The van der Waals surface area contributed by atoms with Crippen molar-refractivity contribution in [2.24, 2.45) is 0 Å². The molecule has 4 N–H and O–H groups in total. The van der Waals surface area contributed by atoms with Gasteiger partial charge in [0, 0.05) is 12.6 Å². The Kier molecular flexibility index (Phi) is 5.75. The summed E-state index contributed by atoms with van der Waals surface area (Å²) in [6.07, 6.45) is 0. The normalized spacial score (nSPS) is 10.7. The van der Waals surface area contributed by atoms with Gasteiger partial charge in [-0.3, -0.25) is 4.79 Å². The third-order valence-electron chi connectivity index (χ3n) is 4.93. The average Bonchev–Trinajstić information content (AvgIpc) is 3.39. The summed E-state index contributed by atoms with van der Waals surface area (Å²) >= 11 is 0. The Morgan fingerprint density at radius 3 is 2.69 bits per heavy atom. The van der Waals surface area contributed by atoms with E-state index in [-0.39, 0.29) is 24.2 Å². The van der Waals surface area contributed by atoms with Crippen LogP contribution in [0.1, 0.15) is 5.56 Å². The molecule has 0 spiro atoms. The zero-order chi connectivity index (χ0) is 22.7. The summed E-state index contributed by atoms with van der Waals surface area (Å²) in [5.41, 5.74) is 9.18. The average molecular weight is 433 g/mol. The first kappa shape index (κ1) is 20.9. The molecule has 2 aromatic carbocycles. The number of anilines is 3. The summed E-state index contributed by atoms with van der Waals surface area (Å²) < 4.78 is 12.1. The molecule has 4 aromatic rings. The molecule has 0 saturated carbocycles. The van der Waals surface area contributed by atoms with Crippen LogP contribution in [0.25, 0.3) is 22.8 Å². The van der Waals surface area contributed by atoms with Crippen LogP contribution in [0.2, 0.25) is 0 Å². The van der Waals surface area contributed by atoms with Crippen molar-refractivity contribution in [1.29, 1.82) is 0 Å². The Bertz CT molecular complexity index is 1260. The minimum absolute atomic E-state index is 0.114. The van der Waals surface area contributed by atoms with E-state index in [1.807, 2.05) is 37.3 Å². The number of nitrogens with zero attached hydrogens (tertiary/aromatic N) is 4. The maximum absolute atomic E-state index is 12.6. The second kappa shape index (κ2) is 8.80. The third-order valence-corrected chi connectivity index (χ3v) is 4.93. The van der Waals surface area contributed by atoms with Crippen LogP contribution in [0.15, 0.2) is 53.1 Å². The van der Waals surface area contributed by atoms with Crippen molar-refractivity contribution in [2.45, 2.75) is 13.5 Å². The number of aromatic nitrogens is 4. The minimum Gasteiger partial charge on any atom is -0.495 e. The first-order valence-electron chi connectivity index (χ1n) is 9.88. The van der Waals surface area contributed by atoms with E-state index in [9.17, 15) is 4.79 Å². The fourth-order valence-corrected chi connectivity index (χ4v) is 3.31. The zero-order valence-corrected chi connectivity index (χ0v) is 17.9. The largest absolute Gasteiger partial charge is 0.495 e. The Balaban J connectivity index is 1.60. The van der Waals surface area contributed by atoms with Gasteiger partial charge in [0.1, 0.15) is 23.7 Å². The maximum Gasteiger partial charge on any atom is 0.265 e. The van der Waals surface area contributed by atoms with Gasteiger partial charge in [-0.25, -0.2) is 4.68 Å². The van der Waals surface area contributed by atoms with Gasteiger partial charge in [0.05, 0.1) is 12.8 Å². The fraction of sp³-hybridized carbons (Fsp3) is 0.182. The van der Waals surface area contributed by atoms with E-state index in [0.717, 1.165) is 11.1 Å². The van der Waals surface area contributed by atoms with Crippen molar-refractivity contribution in [2.75, 3.05) is 30.5 Å². The quantitative estimate of drug-likeness (QED) is 0.405. The lowest BCUT2D eigenvalue weighted by atomic mass is 10.1. The minimum atomic E-state index is -0.316. The lowest BCUT2D eigenvalue weighted by Crippen LogP contribution is -2.21. The summed E-state index contributed by atoms with van der Waals surface area (Å²) in [7, 11) is 3.24. The molecular formula is C22H23N7O3. The Morgan fingerprint density at radius 2 is 1.94 bits per heavy atom. The zero-order valence-electron chi connectivity index (χ0n) is 17.9. The highest BCUT2D eigenvalue weighted by Crippen LogP contribution is 2.34. The number of nitrogen functional groups attached to an aromatic ring is 1. The van der Waals surface area contributed by atoms with Crippen LogP contribution in [-0.4, -0.2) is 40.0 Å². The Hall–Kier alpha value is -4.34. The molecule has 10 nitrogen and oxygen atoms in total.